The highest BCUT2D eigenvalue weighted by Crippen LogP contribution is 2.32. The van der Waals surface area contributed by atoms with E-state index in [9.17, 15) is 9.59 Å². The first-order valence-electron chi connectivity index (χ1n) is 14.2. The minimum Gasteiger partial charge on any atom is -0.366 e. The van der Waals surface area contributed by atoms with E-state index in [2.05, 4.69) is 72.6 Å². The Balaban J connectivity index is 1.41. The van der Waals surface area contributed by atoms with Crippen LogP contribution < -0.4 is 16.0 Å². The van der Waals surface area contributed by atoms with Crippen molar-refractivity contribution in [3.05, 3.63) is 95.1 Å². The van der Waals surface area contributed by atoms with E-state index >= 15 is 0 Å². The van der Waals surface area contributed by atoms with Crippen molar-refractivity contribution in [1.29, 1.82) is 5.53 Å². The van der Waals surface area contributed by atoms with Crippen molar-refractivity contribution in [2.75, 3.05) is 10.2 Å². The number of carbonyl (C=O) groups excluding carboxylic acids is 2. The molecule has 3 aromatic carbocycles. The summed E-state index contributed by atoms with van der Waals surface area (Å²) in [5.74, 6) is -0.999. The molecule has 43 heavy (non-hydrogen) atoms. The first-order valence-corrected chi connectivity index (χ1v) is 15.1. The van der Waals surface area contributed by atoms with Gasteiger partial charge in [0.05, 0.1) is 16.8 Å². The van der Waals surface area contributed by atoms with E-state index in [-0.39, 0.29) is 18.0 Å². The Morgan fingerprint density at radius 1 is 1.05 bits per heavy atom. The topological polar surface area (TPSA) is 137 Å². The average molecular weight is 594 g/mol. The lowest BCUT2D eigenvalue weighted by atomic mass is 9.87. The monoisotopic (exact) mass is 593 g/mol. The number of amides is 3. The van der Waals surface area contributed by atoms with E-state index in [0.717, 1.165) is 34.3 Å². The first kappa shape index (κ1) is 29.8. The summed E-state index contributed by atoms with van der Waals surface area (Å²) in [5.41, 5.74) is 18.7. The Labute approximate surface area is 255 Å². The highest BCUT2D eigenvalue weighted by Gasteiger charge is 2.20. The minimum atomic E-state index is -0.590. The zero-order valence-corrected chi connectivity index (χ0v) is 25.4. The van der Waals surface area contributed by atoms with Crippen molar-refractivity contribution in [2.45, 2.75) is 58.4 Å². The van der Waals surface area contributed by atoms with Crippen molar-refractivity contribution in [3.8, 4) is 0 Å². The largest absolute Gasteiger partial charge is 0.366 e. The first-order chi connectivity index (χ1) is 20.6. The van der Waals surface area contributed by atoms with Crippen LogP contribution in [0.15, 0.2) is 82.9 Å². The second-order valence-corrected chi connectivity index (χ2v) is 12.6. The highest BCUT2D eigenvalue weighted by molar-refractivity contribution is 7.22. The lowest BCUT2D eigenvalue weighted by Crippen LogP contribution is -2.34. The lowest BCUT2D eigenvalue weighted by Gasteiger charge is -2.23. The molecule has 0 saturated heterocycles. The second kappa shape index (κ2) is 12.7. The van der Waals surface area contributed by atoms with Gasteiger partial charge in [0.15, 0.2) is 5.13 Å². The van der Waals surface area contributed by atoms with Crippen molar-refractivity contribution in [1.82, 2.24) is 4.98 Å². The Bertz CT molecular complexity index is 1710. The van der Waals surface area contributed by atoms with Gasteiger partial charge in [0, 0.05) is 11.3 Å². The molecule has 0 radical (unpaired) electrons. The number of allylic oxidation sites excluding steroid dienone is 2. The minimum absolute atomic E-state index is 0.00602. The van der Waals surface area contributed by atoms with Gasteiger partial charge < -0.3 is 5.73 Å². The molecule has 1 aliphatic carbocycles. The van der Waals surface area contributed by atoms with Crippen LogP contribution >= 0.6 is 11.3 Å². The molecule has 4 N–H and O–H groups in total. The quantitative estimate of drug-likeness (QED) is 0.118. The van der Waals surface area contributed by atoms with Gasteiger partial charge in [-0.3, -0.25) is 15.0 Å². The summed E-state index contributed by atoms with van der Waals surface area (Å²) < 4.78 is 1.00. The summed E-state index contributed by atoms with van der Waals surface area (Å²) in [6.07, 6.45) is 6.88. The number of rotatable bonds is 6. The van der Waals surface area contributed by atoms with Crippen molar-refractivity contribution < 1.29 is 9.59 Å². The molecule has 1 aromatic heterocycles. The van der Waals surface area contributed by atoms with Gasteiger partial charge in [-0.15, -0.1) is 5.11 Å². The molecule has 0 spiro atoms. The number of guanidine groups is 1. The molecule has 0 unspecified atom stereocenters. The van der Waals surface area contributed by atoms with Gasteiger partial charge in [0.1, 0.15) is 0 Å². The zero-order chi connectivity index (χ0) is 30.6. The number of aromatic nitrogens is 1. The summed E-state index contributed by atoms with van der Waals surface area (Å²) in [5, 5.41) is 6.50. The van der Waals surface area contributed by atoms with Crippen LogP contribution in [0.5, 0.6) is 0 Å². The third kappa shape index (κ3) is 7.21. The molecule has 9 nitrogen and oxygen atoms in total. The fourth-order valence-corrected chi connectivity index (χ4v) is 5.81. The van der Waals surface area contributed by atoms with E-state index in [1.807, 2.05) is 12.1 Å². The maximum atomic E-state index is 13.8. The number of hydrogen-bond acceptors (Lipinski definition) is 5. The number of anilines is 2. The molecule has 0 fully saturated rings. The number of thiazole rings is 1. The number of benzene rings is 3. The van der Waals surface area contributed by atoms with Crippen LogP contribution in [0.25, 0.3) is 15.8 Å². The van der Waals surface area contributed by atoms with E-state index in [4.69, 9.17) is 16.2 Å². The van der Waals surface area contributed by atoms with Crippen LogP contribution in [0.2, 0.25) is 0 Å². The van der Waals surface area contributed by atoms with Gasteiger partial charge in [-0.2, -0.15) is 4.99 Å². The zero-order valence-electron chi connectivity index (χ0n) is 24.6. The molecule has 0 bridgehead atoms. The van der Waals surface area contributed by atoms with Crippen LogP contribution in [-0.4, -0.2) is 22.9 Å². The molecule has 0 saturated carbocycles. The predicted molar refractivity (Wildman–Crippen MR) is 174 cm³/mol. The molecule has 220 valence electrons. The fourth-order valence-electron chi connectivity index (χ4n) is 4.97. The average Bonchev–Trinajstić information content (AvgIpc) is 3.41. The van der Waals surface area contributed by atoms with Crippen LogP contribution in [0, 0.1) is 5.53 Å². The van der Waals surface area contributed by atoms with Crippen LogP contribution in [0.3, 0.4) is 0 Å². The molecule has 0 atom stereocenters. The SMILES string of the molecule is CC(C)(C)c1ccc2sc(NC(=O)N(Cc3ccc(C(=O)N=C(N)N=N)cc3)c3ccc(C4=CCCCC4)cc3)nc2c1. The van der Waals surface area contributed by atoms with E-state index in [0.29, 0.717) is 10.7 Å². The molecule has 1 aliphatic rings. The summed E-state index contributed by atoms with van der Waals surface area (Å²) in [7, 11) is 0. The summed E-state index contributed by atoms with van der Waals surface area (Å²) >= 11 is 1.44. The van der Waals surface area contributed by atoms with Gasteiger partial charge in [-0.25, -0.2) is 15.3 Å². The smallest absolute Gasteiger partial charge is 0.328 e. The van der Waals surface area contributed by atoms with Gasteiger partial charge >= 0.3 is 6.03 Å². The number of fused-ring (bicyclic) bond motifs is 1. The number of carbonyl (C=O) groups is 2. The number of hydrogen-bond donors (Lipinski definition) is 3. The van der Waals surface area contributed by atoms with Crippen LogP contribution in [0.4, 0.5) is 15.6 Å². The maximum Gasteiger partial charge on any atom is 0.328 e. The molecule has 5 rings (SSSR count). The highest BCUT2D eigenvalue weighted by atomic mass is 32.1. The number of aliphatic imine (C=N–C) groups is 1. The Kier molecular flexibility index (Phi) is 8.77. The standard InChI is InChI=1S/C33H35N7O2S/c1-33(2,3)25-15-18-28-27(19-25)36-31(43-28)38-32(42)40(26-16-13-23(14-17-26)22-7-5-4-6-8-22)20-21-9-11-24(12-10-21)29(41)37-30(34)39-35/h7,9-19,35H,4-6,8,20H2,1-3H3,(H2,34,37,41)(H,36,38,42). The Morgan fingerprint density at radius 2 is 1.79 bits per heavy atom. The predicted octanol–water partition coefficient (Wildman–Crippen LogP) is 8.28. The van der Waals surface area contributed by atoms with E-state index in [1.165, 1.54) is 40.9 Å². The van der Waals surface area contributed by atoms with Crippen LogP contribution in [0.1, 0.15) is 73.5 Å². The molecule has 0 aliphatic heterocycles. The third-order valence-corrected chi connectivity index (χ3v) is 8.38. The molecule has 3 amide bonds. The Hall–Kier alpha value is -4.70. The molecule has 1 heterocycles. The number of nitrogens with zero attached hydrogens (tertiary/aromatic N) is 4. The van der Waals surface area contributed by atoms with Gasteiger partial charge in [-0.1, -0.05) is 68.5 Å². The van der Waals surface area contributed by atoms with Gasteiger partial charge in [0.2, 0.25) is 5.96 Å². The van der Waals surface area contributed by atoms with Crippen molar-refractivity contribution >= 4 is 55.8 Å². The lowest BCUT2D eigenvalue weighted by molar-refractivity contribution is 0.100. The van der Waals surface area contributed by atoms with Crippen LogP contribution in [-0.2, 0) is 12.0 Å². The number of urea groups is 1. The second-order valence-electron chi connectivity index (χ2n) is 11.6. The summed E-state index contributed by atoms with van der Waals surface area (Å²) in [6, 6.07) is 20.8. The number of nitrogens with two attached hydrogens (primary N) is 1. The van der Waals surface area contributed by atoms with E-state index < -0.39 is 11.9 Å². The fraction of sp³-hybridized carbons (Fsp3) is 0.273. The summed E-state index contributed by atoms with van der Waals surface area (Å²) in [6.45, 7) is 6.75. The molecular formula is C33H35N7O2S. The summed E-state index contributed by atoms with van der Waals surface area (Å²) in [4.78, 5) is 36.1. The van der Waals surface area contributed by atoms with Crippen molar-refractivity contribution in [2.24, 2.45) is 15.8 Å². The normalized spacial score (nSPS) is 13.8. The third-order valence-electron chi connectivity index (χ3n) is 7.43. The maximum absolute atomic E-state index is 13.8. The molecular weight excluding hydrogens is 558 g/mol. The molecule has 10 heteroatoms. The van der Waals surface area contributed by atoms with Gasteiger partial charge in [-0.05, 0) is 89.8 Å². The molecule has 4 aromatic rings. The Morgan fingerprint density at radius 3 is 2.44 bits per heavy atom. The van der Waals surface area contributed by atoms with Crippen molar-refractivity contribution in [3.63, 3.8) is 0 Å². The number of nitrogens with one attached hydrogen (secondary N) is 2. The van der Waals surface area contributed by atoms with Gasteiger partial charge in [0.25, 0.3) is 5.91 Å². The van der Waals surface area contributed by atoms with E-state index in [1.54, 1.807) is 29.2 Å².